The third kappa shape index (κ3) is 3.56. The number of hydrogen-bond acceptors (Lipinski definition) is 6. The molecule has 15 heavy (non-hydrogen) atoms. The van der Waals surface area contributed by atoms with E-state index in [0.717, 1.165) is 14.0 Å². The van der Waals surface area contributed by atoms with Crippen molar-refractivity contribution in [2.24, 2.45) is 0 Å². The number of carbonyl (C=O) groups is 2. The predicted octanol–water partition coefficient (Wildman–Crippen LogP) is -2.24. The maximum absolute atomic E-state index is 11.2. The van der Waals surface area contributed by atoms with Crippen molar-refractivity contribution in [2.75, 3.05) is 7.11 Å². The van der Waals surface area contributed by atoms with E-state index in [2.05, 4.69) is 4.74 Å². The SMILES string of the molecule is COC(C(=O)O)C(=O)C(O)C(O)C(C)O. The summed E-state index contributed by atoms with van der Waals surface area (Å²) in [6.45, 7) is 1.16. The van der Waals surface area contributed by atoms with E-state index in [1.807, 2.05) is 0 Å². The molecule has 0 radical (unpaired) electrons. The molecule has 0 fully saturated rings. The lowest BCUT2D eigenvalue weighted by Gasteiger charge is -2.21. The molecule has 0 spiro atoms. The minimum Gasteiger partial charge on any atom is -0.479 e. The van der Waals surface area contributed by atoms with Crippen molar-refractivity contribution in [3.63, 3.8) is 0 Å². The fourth-order valence-electron chi connectivity index (χ4n) is 0.926. The number of hydrogen-bond donors (Lipinski definition) is 4. The van der Waals surface area contributed by atoms with Crippen molar-refractivity contribution in [3.05, 3.63) is 0 Å². The highest BCUT2D eigenvalue weighted by Gasteiger charge is 2.36. The van der Waals surface area contributed by atoms with E-state index in [1.165, 1.54) is 0 Å². The molecule has 4 unspecified atom stereocenters. The Hall–Kier alpha value is -1.02. The van der Waals surface area contributed by atoms with Crippen molar-refractivity contribution in [1.29, 1.82) is 0 Å². The number of ether oxygens (including phenoxy) is 1. The van der Waals surface area contributed by atoms with Gasteiger partial charge in [-0.1, -0.05) is 0 Å². The molecule has 0 amide bonds. The molecule has 0 saturated carbocycles. The number of aliphatic hydroxyl groups excluding tert-OH is 3. The van der Waals surface area contributed by atoms with Gasteiger partial charge in [-0.25, -0.2) is 4.79 Å². The molecule has 0 heterocycles. The largest absolute Gasteiger partial charge is 0.479 e. The predicted molar refractivity (Wildman–Crippen MR) is 47.1 cm³/mol. The highest BCUT2D eigenvalue weighted by atomic mass is 16.5. The average Bonchev–Trinajstić information content (AvgIpc) is 2.15. The number of rotatable bonds is 6. The summed E-state index contributed by atoms with van der Waals surface area (Å²) in [5.41, 5.74) is 0. The van der Waals surface area contributed by atoms with Gasteiger partial charge in [0.15, 0.2) is 0 Å². The van der Waals surface area contributed by atoms with Crippen molar-refractivity contribution in [1.82, 2.24) is 0 Å². The second-order valence-corrected chi connectivity index (χ2v) is 3.03. The van der Waals surface area contributed by atoms with Gasteiger partial charge in [0.2, 0.25) is 11.9 Å². The van der Waals surface area contributed by atoms with Crippen LogP contribution in [0.1, 0.15) is 6.92 Å². The summed E-state index contributed by atoms with van der Waals surface area (Å²) < 4.78 is 4.32. The molecule has 0 aliphatic heterocycles. The molecule has 88 valence electrons. The number of carboxylic acid groups (broad SMARTS) is 1. The van der Waals surface area contributed by atoms with E-state index in [-0.39, 0.29) is 0 Å². The standard InChI is InChI=1S/C8H14O7/c1-3(9)4(10)5(11)6(12)7(15-2)8(13)14/h3-5,7,9-11H,1-2H3,(H,13,14). The lowest BCUT2D eigenvalue weighted by molar-refractivity contribution is -0.162. The number of ketones is 1. The third-order valence-corrected chi connectivity index (χ3v) is 1.83. The highest BCUT2D eigenvalue weighted by molar-refractivity contribution is 6.03. The van der Waals surface area contributed by atoms with E-state index in [9.17, 15) is 14.7 Å². The van der Waals surface area contributed by atoms with Gasteiger partial charge in [-0.3, -0.25) is 4.79 Å². The van der Waals surface area contributed by atoms with E-state index >= 15 is 0 Å². The van der Waals surface area contributed by atoms with Gasteiger partial charge >= 0.3 is 5.97 Å². The maximum Gasteiger partial charge on any atom is 0.340 e. The number of methoxy groups -OCH3 is 1. The summed E-state index contributed by atoms with van der Waals surface area (Å²) in [5, 5.41) is 35.7. The molecule has 4 N–H and O–H groups in total. The first-order chi connectivity index (χ1) is 6.82. The van der Waals surface area contributed by atoms with Crippen LogP contribution < -0.4 is 0 Å². The molecule has 0 saturated heterocycles. The van der Waals surface area contributed by atoms with Crippen molar-refractivity contribution < 1.29 is 34.8 Å². The average molecular weight is 222 g/mol. The van der Waals surface area contributed by atoms with Crippen LogP contribution in [0, 0.1) is 0 Å². The van der Waals surface area contributed by atoms with E-state index < -0.39 is 36.2 Å². The van der Waals surface area contributed by atoms with Crippen LogP contribution in [0.25, 0.3) is 0 Å². The quantitative estimate of drug-likeness (QED) is 0.374. The van der Waals surface area contributed by atoms with E-state index in [4.69, 9.17) is 15.3 Å². The molecule has 4 atom stereocenters. The summed E-state index contributed by atoms with van der Waals surface area (Å²) in [6, 6.07) is 0. The second kappa shape index (κ2) is 5.76. The molecule has 0 aromatic heterocycles. The summed E-state index contributed by atoms with van der Waals surface area (Å²) >= 11 is 0. The number of Topliss-reactive ketones (excluding diaryl/α,β-unsaturated/α-hetero) is 1. The Kier molecular flexibility index (Phi) is 5.37. The zero-order chi connectivity index (χ0) is 12.2. The van der Waals surface area contributed by atoms with Crippen LogP contribution in [-0.4, -0.2) is 63.7 Å². The summed E-state index contributed by atoms with van der Waals surface area (Å²) in [4.78, 5) is 21.7. The van der Waals surface area contributed by atoms with Gasteiger partial charge in [-0.15, -0.1) is 0 Å². The van der Waals surface area contributed by atoms with Crippen LogP contribution in [0.2, 0.25) is 0 Å². The monoisotopic (exact) mass is 222 g/mol. The van der Waals surface area contributed by atoms with E-state index in [1.54, 1.807) is 0 Å². The fourth-order valence-corrected chi connectivity index (χ4v) is 0.926. The Morgan fingerprint density at radius 2 is 1.67 bits per heavy atom. The molecule has 7 nitrogen and oxygen atoms in total. The van der Waals surface area contributed by atoms with Crippen LogP contribution in [0.15, 0.2) is 0 Å². The normalized spacial score (nSPS) is 19.0. The molecule has 0 bridgehead atoms. The molecule has 0 aliphatic rings. The van der Waals surface area contributed by atoms with Crippen molar-refractivity contribution in [2.45, 2.75) is 31.3 Å². The van der Waals surface area contributed by atoms with Crippen molar-refractivity contribution in [3.8, 4) is 0 Å². The minimum atomic E-state index is -1.99. The van der Waals surface area contributed by atoms with Gasteiger partial charge < -0.3 is 25.2 Å². The van der Waals surface area contributed by atoms with Crippen molar-refractivity contribution >= 4 is 11.8 Å². The van der Waals surface area contributed by atoms with E-state index in [0.29, 0.717) is 0 Å². The first kappa shape index (κ1) is 14.0. The zero-order valence-electron chi connectivity index (χ0n) is 8.32. The van der Waals surface area contributed by atoms with Crippen LogP contribution in [0.5, 0.6) is 0 Å². The smallest absolute Gasteiger partial charge is 0.340 e. The summed E-state index contributed by atoms with van der Waals surface area (Å²) in [5.74, 6) is -2.78. The van der Waals surface area contributed by atoms with Crippen LogP contribution in [0.3, 0.4) is 0 Å². The molecule has 0 aromatic rings. The number of aliphatic carboxylic acids is 1. The van der Waals surface area contributed by atoms with Gasteiger partial charge in [0, 0.05) is 7.11 Å². The number of aliphatic hydroxyl groups is 3. The third-order valence-electron chi connectivity index (χ3n) is 1.83. The first-order valence-electron chi connectivity index (χ1n) is 4.16. The Balaban J connectivity index is 4.62. The fraction of sp³-hybridized carbons (Fsp3) is 0.750. The number of carbonyl (C=O) groups excluding carboxylic acids is 1. The summed E-state index contributed by atoms with van der Waals surface area (Å²) in [7, 11) is 0.984. The second-order valence-electron chi connectivity index (χ2n) is 3.03. The van der Waals surface area contributed by atoms with Gasteiger partial charge in [-0.2, -0.15) is 0 Å². The Morgan fingerprint density at radius 1 is 1.20 bits per heavy atom. The maximum atomic E-state index is 11.2. The zero-order valence-corrected chi connectivity index (χ0v) is 8.32. The molecular weight excluding hydrogens is 208 g/mol. The highest BCUT2D eigenvalue weighted by Crippen LogP contribution is 2.05. The Morgan fingerprint density at radius 3 is 1.93 bits per heavy atom. The summed E-state index contributed by atoms with van der Waals surface area (Å²) in [6.07, 6.45) is -6.94. The topological polar surface area (TPSA) is 124 Å². The van der Waals surface area contributed by atoms with Crippen LogP contribution >= 0.6 is 0 Å². The van der Waals surface area contributed by atoms with Gasteiger partial charge in [0.05, 0.1) is 6.10 Å². The number of carboxylic acids is 1. The lowest BCUT2D eigenvalue weighted by Crippen LogP contribution is -2.48. The van der Waals surface area contributed by atoms with Crippen LogP contribution in [0.4, 0.5) is 0 Å². The van der Waals surface area contributed by atoms with Crippen LogP contribution in [-0.2, 0) is 14.3 Å². The lowest BCUT2D eigenvalue weighted by atomic mass is 10.0. The van der Waals surface area contributed by atoms with Gasteiger partial charge in [-0.05, 0) is 6.92 Å². The molecule has 7 heteroatoms. The van der Waals surface area contributed by atoms with Gasteiger partial charge in [0.25, 0.3) is 0 Å². The molecule has 0 aliphatic carbocycles. The van der Waals surface area contributed by atoms with Gasteiger partial charge in [0.1, 0.15) is 12.2 Å². The minimum absolute atomic E-state index is 0.984. The Labute approximate surface area is 85.9 Å². The first-order valence-corrected chi connectivity index (χ1v) is 4.16. The Bertz CT molecular complexity index is 237. The molecular formula is C8H14O7. The molecule has 0 aromatic carbocycles. The molecule has 0 rings (SSSR count).